The van der Waals surface area contributed by atoms with E-state index in [1.165, 1.54) is 12.8 Å². The first kappa shape index (κ1) is 15.4. The summed E-state index contributed by atoms with van der Waals surface area (Å²) in [4.78, 5) is 11.7. The number of nitrogens with one attached hydrogen (secondary N) is 1. The third-order valence-corrected chi connectivity index (χ3v) is 3.83. The average Bonchev–Trinajstić information content (AvgIpc) is 2.35. The van der Waals surface area contributed by atoms with Gasteiger partial charge >= 0.3 is 0 Å². The maximum atomic E-state index is 11.7. The maximum Gasteiger partial charge on any atom is 0.220 e. The van der Waals surface area contributed by atoms with Gasteiger partial charge in [0.25, 0.3) is 0 Å². The molecule has 0 aliphatic heterocycles. The van der Waals surface area contributed by atoms with Crippen LogP contribution in [-0.2, 0) is 9.53 Å². The molecule has 1 aliphatic rings. The van der Waals surface area contributed by atoms with Gasteiger partial charge in [-0.05, 0) is 51.4 Å². The van der Waals surface area contributed by atoms with Gasteiger partial charge in [-0.15, -0.1) is 0 Å². The predicted octanol–water partition coefficient (Wildman–Crippen LogP) is 1.83. The molecule has 1 rings (SSSR count). The van der Waals surface area contributed by atoms with Crippen molar-refractivity contribution in [1.82, 2.24) is 5.32 Å². The summed E-state index contributed by atoms with van der Waals surface area (Å²) in [7, 11) is 1.68. The molecule has 1 aliphatic carbocycles. The predicted molar refractivity (Wildman–Crippen MR) is 73.3 cm³/mol. The van der Waals surface area contributed by atoms with Crippen LogP contribution in [0.1, 0.15) is 51.9 Å². The zero-order valence-electron chi connectivity index (χ0n) is 11.8. The Kier molecular flexibility index (Phi) is 7.28. The molecule has 1 atom stereocenters. The molecular weight excluding hydrogens is 228 g/mol. The molecule has 0 aromatic rings. The number of rotatable bonds is 7. The number of carbonyl (C=O) groups is 1. The van der Waals surface area contributed by atoms with Gasteiger partial charge in [0.1, 0.15) is 0 Å². The van der Waals surface area contributed by atoms with E-state index >= 15 is 0 Å². The molecule has 4 nitrogen and oxygen atoms in total. The van der Waals surface area contributed by atoms with Crippen molar-refractivity contribution in [3.05, 3.63) is 0 Å². The zero-order valence-corrected chi connectivity index (χ0v) is 11.8. The summed E-state index contributed by atoms with van der Waals surface area (Å²) in [5.41, 5.74) is 5.87. The van der Waals surface area contributed by atoms with Crippen LogP contribution in [0, 0.1) is 5.92 Å². The first-order valence-electron chi connectivity index (χ1n) is 7.15. The second-order valence-corrected chi connectivity index (χ2v) is 5.57. The fourth-order valence-electron chi connectivity index (χ4n) is 2.53. The molecule has 4 heteroatoms. The lowest BCUT2D eigenvalue weighted by Gasteiger charge is -2.25. The Labute approximate surface area is 111 Å². The third kappa shape index (κ3) is 6.36. The average molecular weight is 256 g/mol. The third-order valence-electron chi connectivity index (χ3n) is 3.83. The van der Waals surface area contributed by atoms with Crippen molar-refractivity contribution in [2.75, 3.05) is 13.7 Å². The summed E-state index contributed by atoms with van der Waals surface area (Å²) in [6, 6.07) is 0.598. The highest BCUT2D eigenvalue weighted by Gasteiger charge is 2.19. The van der Waals surface area contributed by atoms with E-state index in [-0.39, 0.29) is 11.9 Å². The van der Waals surface area contributed by atoms with E-state index in [0.717, 1.165) is 25.7 Å². The van der Waals surface area contributed by atoms with Gasteiger partial charge in [-0.25, -0.2) is 0 Å². The fourth-order valence-corrected chi connectivity index (χ4v) is 2.53. The van der Waals surface area contributed by atoms with E-state index in [1.807, 2.05) is 6.92 Å². The van der Waals surface area contributed by atoms with Crippen LogP contribution in [0.3, 0.4) is 0 Å². The molecule has 0 aromatic carbocycles. The van der Waals surface area contributed by atoms with E-state index < -0.39 is 0 Å². The first-order chi connectivity index (χ1) is 8.61. The van der Waals surface area contributed by atoms with Crippen molar-refractivity contribution in [2.24, 2.45) is 11.7 Å². The van der Waals surface area contributed by atoms with Crippen LogP contribution in [0.4, 0.5) is 0 Å². The van der Waals surface area contributed by atoms with Gasteiger partial charge in [0.15, 0.2) is 0 Å². The molecule has 1 saturated carbocycles. The number of methoxy groups -OCH3 is 1. The van der Waals surface area contributed by atoms with Gasteiger partial charge in [-0.3, -0.25) is 4.79 Å². The van der Waals surface area contributed by atoms with Gasteiger partial charge in [0.05, 0.1) is 0 Å². The van der Waals surface area contributed by atoms with E-state index in [1.54, 1.807) is 7.11 Å². The quantitative estimate of drug-likeness (QED) is 0.730. The number of amides is 1. The number of nitrogens with two attached hydrogens (primary N) is 1. The van der Waals surface area contributed by atoms with Crippen LogP contribution in [0.2, 0.25) is 0 Å². The molecule has 1 unspecified atom stereocenters. The van der Waals surface area contributed by atoms with Gasteiger partial charge in [-0.1, -0.05) is 0 Å². The number of carbonyl (C=O) groups excluding carboxylic acids is 1. The molecule has 0 spiro atoms. The first-order valence-corrected chi connectivity index (χ1v) is 7.15. The van der Waals surface area contributed by atoms with E-state index in [0.29, 0.717) is 25.0 Å². The van der Waals surface area contributed by atoms with Crippen molar-refractivity contribution in [2.45, 2.75) is 64.0 Å². The van der Waals surface area contributed by atoms with Crippen LogP contribution in [0.25, 0.3) is 0 Å². The molecule has 0 radical (unpaired) electrons. The minimum atomic E-state index is 0.175. The second kappa shape index (κ2) is 8.48. The Balaban J connectivity index is 2.09. The molecule has 106 valence electrons. The van der Waals surface area contributed by atoms with Crippen LogP contribution < -0.4 is 11.1 Å². The lowest BCUT2D eigenvalue weighted by molar-refractivity contribution is -0.122. The number of hydrogen-bond donors (Lipinski definition) is 2. The molecular formula is C14H28N2O2. The normalized spacial score (nSPS) is 25.7. The Hall–Kier alpha value is -0.610. The number of hydrogen-bond acceptors (Lipinski definition) is 3. The molecule has 1 fully saturated rings. The molecule has 0 heterocycles. The summed E-state index contributed by atoms with van der Waals surface area (Å²) >= 11 is 0. The Morgan fingerprint density at radius 1 is 1.39 bits per heavy atom. The molecule has 18 heavy (non-hydrogen) atoms. The smallest absolute Gasteiger partial charge is 0.220 e. The Bertz CT molecular complexity index is 238. The summed E-state index contributed by atoms with van der Waals surface area (Å²) in [5, 5.41) is 3.02. The van der Waals surface area contributed by atoms with Gasteiger partial charge in [0.2, 0.25) is 5.91 Å². The minimum absolute atomic E-state index is 0.175. The standard InChI is InChI=1S/C14H28N2O2/c1-11(9-10-18-2)16-14(17)8-5-12-3-6-13(15)7-4-12/h11-13H,3-10,15H2,1-2H3,(H,16,17). The highest BCUT2D eigenvalue weighted by molar-refractivity contribution is 5.76. The van der Waals surface area contributed by atoms with Crippen molar-refractivity contribution in [3.63, 3.8) is 0 Å². The highest BCUT2D eigenvalue weighted by atomic mass is 16.5. The largest absolute Gasteiger partial charge is 0.385 e. The molecule has 0 aromatic heterocycles. The van der Waals surface area contributed by atoms with Crippen LogP contribution in [0.15, 0.2) is 0 Å². The van der Waals surface area contributed by atoms with Crippen molar-refractivity contribution < 1.29 is 9.53 Å². The summed E-state index contributed by atoms with van der Waals surface area (Å²) in [6.45, 7) is 2.72. The van der Waals surface area contributed by atoms with Gasteiger partial charge < -0.3 is 15.8 Å². The fraction of sp³-hybridized carbons (Fsp3) is 0.929. The Morgan fingerprint density at radius 2 is 2.06 bits per heavy atom. The molecule has 0 bridgehead atoms. The van der Waals surface area contributed by atoms with Crippen molar-refractivity contribution in [3.8, 4) is 0 Å². The SMILES string of the molecule is COCCC(C)NC(=O)CCC1CCC(N)CC1. The van der Waals surface area contributed by atoms with Crippen LogP contribution in [-0.4, -0.2) is 31.7 Å². The molecule has 3 N–H and O–H groups in total. The zero-order chi connectivity index (χ0) is 13.4. The molecule has 1 amide bonds. The van der Waals surface area contributed by atoms with Crippen molar-refractivity contribution in [1.29, 1.82) is 0 Å². The topological polar surface area (TPSA) is 64.3 Å². The Morgan fingerprint density at radius 3 is 2.67 bits per heavy atom. The summed E-state index contributed by atoms with van der Waals surface area (Å²) < 4.78 is 5.00. The van der Waals surface area contributed by atoms with Crippen LogP contribution in [0.5, 0.6) is 0 Å². The van der Waals surface area contributed by atoms with Crippen LogP contribution >= 0.6 is 0 Å². The lowest BCUT2D eigenvalue weighted by atomic mass is 9.84. The monoisotopic (exact) mass is 256 g/mol. The lowest BCUT2D eigenvalue weighted by Crippen LogP contribution is -2.34. The highest BCUT2D eigenvalue weighted by Crippen LogP contribution is 2.26. The second-order valence-electron chi connectivity index (χ2n) is 5.57. The van der Waals surface area contributed by atoms with Gasteiger partial charge in [0, 0.05) is 32.2 Å². The summed E-state index contributed by atoms with van der Waals surface area (Å²) in [6.07, 6.45) is 7.15. The maximum absolute atomic E-state index is 11.7. The minimum Gasteiger partial charge on any atom is -0.385 e. The molecule has 0 saturated heterocycles. The van der Waals surface area contributed by atoms with E-state index in [2.05, 4.69) is 5.32 Å². The number of ether oxygens (including phenoxy) is 1. The summed E-state index contributed by atoms with van der Waals surface area (Å²) in [5.74, 6) is 0.873. The van der Waals surface area contributed by atoms with Crippen molar-refractivity contribution >= 4 is 5.91 Å². The van der Waals surface area contributed by atoms with E-state index in [9.17, 15) is 4.79 Å². The van der Waals surface area contributed by atoms with E-state index in [4.69, 9.17) is 10.5 Å². The van der Waals surface area contributed by atoms with Gasteiger partial charge in [-0.2, -0.15) is 0 Å².